The third-order valence-electron chi connectivity index (χ3n) is 7.41. The lowest BCUT2D eigenvalue weighted by Crippen LogP contribution is -2.60. The molecule has 0 aromatic carbocycles. The van der Waals surface area contributed by atoms with Crippen LogP contribution in [0.4, 0.5) is 0 Å². The van der Waals surface area contributed by atoms with E-state index in [0.29, 0.717) is 12.8 Å². The first-order valence-electron chi connectivity index (χ1n) is 12.1. The highest BCUT2D eigenvalue weighted by molar-refractivity contribution is 5.91. The Morgan fingerprint density at radius 2 is 1.83 bits per heavy atom. The van der Waals surface area contributed by atoms with Crippen LogP contribution >= 0.6 is 0 Å². The zero-order valence-electron chi connectivity index (χ0n) is 20.7. The Labute approximate surface area is 205 Å². The molecule has 11 heteroatoms. The standard InChI is InChI=1S/C24H40O11/c1-12-7-14(26)8-23(3,4)15(12)6-5-13(2)34-21-19(29)18(28)17(27)16(35-21)9-32-22-20(30)24(31,10-25)11-33-22/h7,13,15-22,25,27-31H,5-6,8-11H2,1-4H3. The summed E-state index contributed by atoms with van der Waals surface area (Å²) in [7, 11) is 0. The first-order valence-corrected chi connectivity index (χ1v) is 12.1. The molecule has 10 unspecified atom stereocenters. The van der Waals surface area contributed by atoms with Crippen LogP contribution in [0.15, 0.2) is 11.6 Å². The number of hydrogen-bond acceptors (Lipinski definition) is 11. The Bertz CT molecular complexity index is 771. The van der Waals surface area contributed by atoms with Crippen molar-refractivity contribution in [3.8, 4) is 0 Å². The van der Waals surface area contributed by atoms with E-state index in [1.807, 2.05) is 13.8 Å². The molecule has 0 spiro atoms. The number of carbonyl (C=O) groups is 1. The first-order chi connectivity index (χ1) is 16.3. The Morgan fingerprint density at radius 3 is 2.43 bits per heavy atom. The van der Waals surface area contributed by atoms with Crippen molar-refractivity contribution < 1.29 is 54.4 Å². The minimum atomic E-state index is -1.86. The van der Waals surface area contributed by atoms with Gasteiger partial charge in [0.2, 0.25) is 0 Å². The van der Waals surface area contributed by atoms with Gasteiger partial charge in [-0.05, 0) is 44.1 Å². The number of ether oxygens (including phenoxy) is 4. The van der Waals surface area contributed by atoms with Crippen LogP contribution in [-0.4, -0.2) is 111 Å². The molecular formula is C24H40O11. The molecule has 2 aliphatic heterocycles. The van der Waals surface area contributed by atoms with E-state index >= 15 is 0 Å². The molecule has 11 nitrogen and oxygen atoms in total. The van der Waals surface area contributed by atoms with Crippen molar-refractivity contribution in [2.24, 2.45) is 11.3 Å². The highest BCUT2D eigenvalue weighted by Gasteiger charge is 2.50. The van der Waals surface area contributed by atoms with Crippen LogP contribution < -0.4 is 0 Å². The zero-order valence-corrected chi connectivity index (χ0v) is 20.7. The van der Waals surface area contributed by atoms with Crippen LogP contribution in [0.25, 0.3) is 0 Å². The molecule has 0 aromatic heterocycles. The molecule has 10 atom stereocenters. The predicted octanol–water partition coefficient (Wildman–Crippen LogP) is -1.00. The number of carbonyl (C=O) groups excluding carboxylic acids is 1. The smallest absolute Gasteiger partial charge is 0.186 e. The monoisotopic (exact) mass is 504 g/mol. The first kappa shape index (κ1) is 28.6. The van der Waals surface area contributed by atoms with Crippen molar-refractivity contribution in [2.75, 3.05) is 19.8 Å². The molecule has 202 valence electrons. The lowest BCUT2D eigenvalue weighted by Gasteiger charge is -2.42. The molecule has 1 aliphatic carbocycles. The normalized spacial score (nSPS) is 42.7. The minimum absolute atomic E-state index is 0.129. The van der Waals surface area contributed by atoms with E-state index in [1.54, 1.807) is 6.08 Å². The van der Waals surface area contributed by atoms with E-state index < -0.39 is 55.3 Å². The number of aliphatic hydroxyl groups is 6. The van der Waals surface area contributed by atoms with Crippen molar-refractivity contribution in [3.05, 3.63) is 11.6 Å². The van der Waals surface area contributed by atoms with Gasteiger partial charge in [0, 0.05) is 6.42 Å². The van der Waals surface area contributed by atoms with Gasteiger partial charge in [0.25, 0.3) is 0 Å². The summed E-state index contributed by atoms with van der Waals surface area (Å²) in [6, 6.07) is 0. The quantitative estimate of drug-likeness (QED) is 0.227. The number of hydrogen-bond donors (Lipinski definition) is 6. The number of ketones is 1. The van der Waals surface area contributed by atoms with Crippen LogP contribution in [0.1, 0.15) is 47.0 Å². The second-order valence-corrected chi connectivity index (χ2v) is 10.8. The molecule has 6 N–H and O–H groups in total. The van der Waals surface area contributed by atoms with E-state index in [2.05, 4.69) is 13.8 Å². The predicted molar refractivity (Wildman–Crippen MR) is 121 cm³/mol. The molecule has 0 radical (unpaired) electrons. The Hall–Kier alpha value is -0.990. The molecule has 0 aromatic rings. The molecule has 3 aliphatic rings. The highest BCUT2D eigenvalue weighted by Crippen LogP contribution is 2.42. The maximum atomic E-state index is 11.9. The average Bonchev–Trinajstić information content (AvgIpc) is 3.06. The van der Waals surface area contributed by atoms with Crippen LogP contribution in [-0.2, 0) is 23.7 Å². The lowest BCUT2D eigenvalue weighted by molar-refractivity contribution is -0.318. The van der Waals surface area contributed by atoms with E-state index in [4.69, 9.17) is 18.9 Å². The number of allylic oxidation sites excluding steroid dienone is 2. The molecule has 35 heavy (non-hydrogen) atoms. The third-order valence-corrected chi connectivity index (χ3v) is 7.41. The second kappa shape index (κ2) is 11.2. The van der Waals surface area contributed by atoms with Crippen molar-refractivity contribution in [2.45, 2.75) is 102 Å². The van der Waals surface area contributed by atoms with Gasteiger partial charge in [-0.15, -0.1) is 0 Å². The highest BCUT2D eigenvalue weighted by atomic mass is 16.7. The maximum absolute atomic E-state index is 11.9. The van der Waals surface area contributed by atoms with Crippen molar-refractivity contribution in [3.63, 3.8) is 0 Å². The zero-order chi connectivity index (χ0) is 26.1. The summed E-state index contributed by atoms with van der Waals surface area (Å²) in [6.45, 7) is 6.51. The lowest BCUT2D eigenvalue weighted by atomic mass is 9.66. The van der Waals surface area contributed by atoms with Gasteiger partial charge in [-0.2, -0.15) is 0 Å². The van der Waals surface area contributed by atoms with E-state index in [0.717, 1.165) is 12.0 Å². The van der Waals surface area contributed by atoms with Crippen molar-refractivity contribution in [1.82, 2.24) is 0 Å². The van der Waals surface area contributed by atoms with Gasteiger partial charge in [0.15, 0.2) is 18.4 Å². The van der Waals surface area contributed by atoms with Gasteiger partial charge in [-0.25, -0.2) is 0 Å². The number of rotatable bonds is 9. The molecule has 3 rings (SSSR count). The van der Waals surface area contributed by atoms with Gasteiger partial charge in [-0.1, -0.05) is 19.4 Å². The Kier molecular flexibility index (Phi) is 9.13. The van der Waals surface area contributed by atoms with Gasteiger partial charge < -0.3 is 49.6 Å². The third kappa shape index (κ3) is 6.30. The van der Waals surface area contributed by atoms with Crippen molar-refractivity contribution in [1.29, 1.82) is 0 Å². The summed E-state index contributed by atoms with van der Waals surface area (Å²) >= 11 is 0. The fourth-order valence-corrected chi connectivity index (χ4v) is 5.20. The molecule has 0 amide bonds. The minimum Gasteiger partial charge on any atom is -0.393 e. The van der Waals surface area contributed by atoms with Gasteiger partial charge in [0.05, 0.1) is 25.9 Å². The van der Waals surface area contributed by atoms with Crippen LogP contribution in [0.5, 0.6) is 0 Å². The summed E-state index contributed by atoms with van der Waals surface area (Å²) in [4.78, 5) is 11.9. The molecule has 2 saturated heterocycles. The Morgan fingerprint density at radius 1 is 1.14 bits per heavy atom. The summed E-state index contributed by atoms with van der Waals surface area (Å²) in [6.07, 6.45) is -6.51. The largest absolute Gasteiger partial charge is 0.393 e. The van der Waals surface area contributed by atoms with Crippen LogP contribution in [0.3, 0.4) is 0 Å². The number of aliphatic hydroxyl groups excluding tert-OH is 5. The van der Waals surface area contributed by atoms with E-state index in [9.17, 15) is 35.4 Å². The average molecular weight is 505 g/mol. The van der Waals surface area contributed by atoms with Crippen LogP contribution in [0.2, 0.25) is 0 Å². The molecule has 2 fully saturated rings. The maximum Gasteiger partial charge on any atom is 0.186 e. The summed E-state index contributed by atoms with van der Waals surface area (Å²) in [5, 5.41) is 60.4. The van der Waals surface area contributed by atoms with E-state index in [-0.39, 0.29) is 36.4 Å². The summed E-state index contributed by atoms with van der Waals surface area (Å²) in [5.41, 5.74) is -0.997. The fraction of sp³-hybridized carbons (Fsp3) is 0.875. The molecule has 2 heterocycles. The summed E-state index contributed by atoms with van der Waals surface area (Å²) < 4.78 is 22.1. The van der Waals surface area contributed by atoms with Crippen LogP contribution in [0, 0.1) is 11.3 Å². The topological polar surface area (TPSA) is 175 Å². The SMILES string of the molecule is CC1=CC(=O)CC(C)(C)C1CCC(C)OC1OC(COC2OCC(O)(CO)C2O)C(O)C(O)C1O. The Balaban J connectivity index is 1.55. The summed E-state index contributed by atoms with van der Waals surface area (Å²) in [5.74, 6) is 0.330. The van der Waals surface area contributed by atoms with Gasteiger partial charge in [-0.3, -0.25) is 4.79 Å². The fourth-order valence-electron chi connectivity index (χ4n) is 5.20. The van der Waals surface area contributed by atoms with E-state index in [1.165, 1.54) is 0 Å². The second-order valence-electron chi connectivity index (χ2n) is 10.8. The molecule has 0 saturated carbocycles. The van der Waals surface area contributed by atoms with Gasteiger partial charge >= 0.3 is 0 Å². The molecular weight excluding hydrogens is 464 g/mol. The van der Waals surface area contributed by atoms with Crippen molar-refractivity contribution >= 4 is 5.78 Å². The van der Waals surface area contributed by atoms with Gasteiger partial charge in [0.1, 0.15) is 36.1 Å². The molecule has 0 bridgehead atoms.